The van der Waals surface area contributed by atoms with E-state index in [0.717, 1.165) is 30.4 Å². The normalized spacial score (nSPS) is 20.9. The smallest absolute Gasteiger partial charge is 0.144 e. The quantitative estimate of drug-likeness (QED) is 0.915. The molecule has 0 saturated carbocycles. The molecule has 0 spiro atoms. The standard InChI is InChI=1S/C17H19N3O/c1-17(2)10-14(7-8-21-17)19-16-13(11-18)9-12-5-3-4-6-15(12)20-16/h3-6,9,14H,7-8,10H2,1-2H3,(H,19,20). The molecule has 2 aromatic rings. The second kappa shape index (κ2) is 5.34. The van der Waals surface area contributed by atoms with Gasteiger partial charge in [-0.25, -0.2) is 4.98 Å². The van der Waals surface area contributed by atoms with Gasteiger partial charge in [0.2, 0.25) is 0 Å². The van der Waals surface area contributed by atoms with Crippen molar-refractivity contribution < 1.29 is 4.74 Å². The first-order valence-electron chi connectivity index (χ1n) is 7.28. The summed E-state index contributed by atoms with van der Waals surface area (Å²) in [7, 11) is 0. The van der Waals surface area contributed by atoms with E-state index in [4.69, 9.17) is 4.74 Å². The maximum Gasteiger partial charge on any atom is 0.144 e. The zero-order chi connectivity index (χ0) is 14.9. The van der Waals surface area contributed by atoms with Gasteiger partial charge in [0.05, 0.1) is 16.7 Å². The lowest BCUT2D eigenvalue weighted by atomic mass is 9.94. The van der Waals surface area contributed by atoms with Crippen LogP contribution in [-0.2, 0) is 4.74 Å². The Balaban J connectivity index is 1.91. The monoisotopic (exact) mass is 281 g/mol. The zero-order valence-electron chi connectivity index (χ0n) is 12.4. The Morgan fingerprint density at radius 2 is 2.19 bits per heavy atom. The predicted molar refractivity (Wildman–Crippen MR) is 83.1 cm³/mol. The molecule has 1 aliphatic rings. The summed E-state index contributed by atoms with van der Waals surface area (Å²) in [6, 6.07) is 12.3. The molecule has 4 heteroatoms. The lowest BCUT2D eigenvalue weighted by molar-refractivity contribution is -0.0553. The molecule has 1 aromatic carbocycles. The number of nitriles is 1. The summed E-state index contributed by atoms with van der Waals surface area (Å²) in [5.74, 6) is 0.680. The predicted octanol–water partition coefficient (Wildman–Crippen LogP) is 3.48. The number of benzene rings is 1. The van der Waals surface area contributed by atoms with Crippen molar-refractivity contribution in [3.63, 3.8) is 0 Å². The number of nitrogens with zero attached hydrogens (tertiary/aromatic N) is 2. The van der Waals surface area contributed by atoms with Gasteiger partial charge in [0.25, 0.3) is 0 Å². The fraction of sp³-hybridized carbons (Fsp3) is 0.412. The Hall–Kier alpha value is -2.12. The van der Waals surface area contributed by atoms with Crippen LogP contribution in [0.4, 0.5) is 5.82 Å². The molecule has 1 N–H and O–H groups in total. The van der Waals surface area contributed by atoms with Gasteiger partial charge in [-0.15, -0.1) is 0 Å². The maximum absolute atomic E-state index is 9.36. The lowest BCUT2D eigenvalue weighted by Gasteiger charge is -2.36. The largest absolute Gasteiger partial charge is 0.375 e. The molecule has 0 radical (unpaired) electrons. The van der Waals surface area contributed by atoms with Crippen LogP contribution >= 0.6 is 0 Å². The molecule has 1 atom stereocenters. The van der Waals surface area contributed by atoms with Crippen molar-refractivity contribution in [3.05, 3.63) is 35.9 Å². The number of fused-ring (bicyclic) bond motifs is 1. The number of hydrogen-bond donors (Lipinski definition) is 1. The van der Waals surface area contributed by atoms with Crippen molar-refractivity contribution in [3.8, 4) is 6.07 Å². The molecule has 3 rings (SSSR count). The summed E-state index contributed by atoms with van der Waals surface area (Å²) in [4.78, 5) is 4.61. The summed E-state index contributed by atoms with van der Waals surface area (Å²) in [6.45, 7) is 4.93. The first-order valence-corrected chi connectivity index (χ1v) is 7.28. The van der Waals surface area contributed by atoms with E-state index in [2.05, 4.69) is 30.2 Å². The Morgan fingerprint density at radius 1 is 1.38 bits per heavy atom. The third kappa shape index (κ3) is 2.98. The molecule has 1 unspecified atom stereocenters. The molecule has 1 aromatic heterocycles. The highest BCUT2D eigenvalue weighted by Gasteiger charge is 2.29. The minimum absolute atomic E-state index is 0.125. The van der Waals surface area contributed by atoms with E-state index in [1.54, 1.807) is 0 Å². The average molecular weight is 281 g/mol. The minimum atomic E-state index is -0.125. The minimum Gasteiger partial charge on any atom is -0.375 e. The number of ether oxygens (including phenoxy) is 1. The number of aromatic nitrogens is 1. The van der Waals surface area contributed by atoms with Crippen LogP contribution in [0.1, 0.15) is 32.3 Å². The van der Waals surface area contributed by atoms with Crippen molar-refractivity contribution in [1.29, 1.82) is 5.26 Å². The van der Waals surface area contributed by atoms with E-state index in [-0.39, 0.29) is 11.6 Å². The van der Waals surface area contributed by atoms with E-state index in [1.807, 2.05) is 30.3 Å². The van der Waals surface area contributed by atoms with Crippen LogP contribution in [0.3, 0.4) is 0 Å². The number of hydrogen-bond acceptors (Lipinski definition) is 4. The second-order valence-corrected chi connectivity index (χ2v) is 6.13. The molecular weight excluding hydrogens is 262 g/mol. The van der Waals surface area contributed by atoms with Crippen molar-refractivity contribution in [1.82, 2.24) is 4.98 Å². The molecule has 2 heterocycles. The van der Waals surface area contributed by atoms with Crippen LogP contribution < -0.4 is 5.32 Å². The highest BCUT2D eigenvalue weighted by molar-refractivity contribution is 5.82. The van der Waals surface area contributed by atoms with E-state index in [0.29, 0.717) is 11.4 Å². The highest BCUT2D eigenvalue weighted by atomic mass is 16.5. The molecule has 21 heavy (non-hydrogen) atoms. The van der Waals surface area contributed by atoms with Gasteiger partial charge in [0, 0.05) is 18.0 Å². The number of pyridine rings is 1. The van der Waals surface area contributed by atoms with E-state index >= 15 is 0 Å². The van der Waals surface area contributed by atoms with Crippen molar-refractivity contribution in [2.24, 2.45) is 0 Å². The number of nitrogens with one attached hydrogen (secondary N) is 1. The average Bonchev–Trinajstić information content (AvgIpc) is 2.45. The van der Waals surface area contributed by atoms with Gasteiger partial charge >= 0.3 is 0 Å². The van der Waals surface area contributed by atoms with Gasteiger partial charge in [-0.2, -0.15) is 5.26 Å². The second-order valence-electron chi connectivity index (χ2n) is 6.13. The van der Waals surface area contributed by atoms with Gasteiger partial charge in [-0.05, 0) is 38.8 Å². The summed E-state index contributed by atoms with van der Waals surface area (Å²) in [6.07, 6.45) is 1.84. The number of anilines is 1. The molecule has 1 aliphatic heterocycles. The van der Waals surface area contributed by atoms with Crippen LogP contribution in [0.5, 0.6) is 0 Å². The number of para-hydroxylation sites is 1. The molecule has 0 bridgehead atoms. The Bertz CT molecular complexity index is 703. The molecular formula is C17H19N3O. The van der Waals surface area contributed by atoms with Gasteiger partial charge in [0.1, 0.15) is 11.9 Å². The third-order valence-electron chi connectivity index (χ3n) is 3.88. The summed E-state index contributed by atoms with van der Waals surface area (Å²) < 4.78 is 5.73. The van der Waals surface area contributed by atoms with E-state index in [1.165, 1.54) is 0 Å². The van der Waals surface area contributed by atoms with Crippen LogP contribution in [0.2, 0.25) is 0 Å². The molecule has 0 aliphatic carbocycles. The fourth-order valence-corrected chi connectivity index (χ4v) is 2.86. The zero-order valence-corrected chi connectivity index (χ0v) is 12.4. The van der Waals surface area contributed by atoms with Crippen LogP contribution in [0.15, 0.2) is 30.3 Å². The lowest BCUT2D eigenvalue weighted by Crippen LogP contribution is -2.40. The van der Waals surface area contributed by atoms with Crippen molar-refractivity contribution in [2.45, 2.75) is 38.3 Å². The number of rotatable bonds is 2. The summed E-state index contributed by atoms with van der Waals surface area (Å²) in [5.41, 5.74) is 1.38. The molecule has 0 amide bonds. The molecule has 108 valence electrons. The van der Waals surface area contributed by atoms with Crippen molar-refractivity contribution >= 4 is 16.7 Å². The third-order valence-corrected chi connectivity index (χ3v) is 3.88. The first-order chi connectivity index (χ1) is 10.1. The maximum atomic E-state index is 9.36. The Labute approximate surface area is 124 Å². The molecule has 4 nitrogen and oxygen atoms in total. The Morgan fingerprint density at radius 3 is 2.95 bits per heavy atom. The SMILES string of the molecule is CC1(C)CC(Nc2nc3ccccc3cc2C#N)CCO1. The van der Waals surface area contributed by atoms with Crippen LogP contribution in [0.25, 0.3) is 10.9 Å². The van der Waals surface area contributed by atoms with Gasteiger partial charge in [-0.3, -0.25) is 0 Å². The van der Waals surface area contributed by atoms with E-state index < -0.39 is 0 Å². The van der Waals surface area contributed by atoms with Gasteiger partial charge in [-0.1, -0.05) is 18.2 Å². The summed E-state index contributed by atoms with van der Waals surface area (Å²) in [5, 5.41) is 13.8. The van der Waals surface area contributed by atoms with Crippen LogP contribution in [-0.4, -0.2) is 23.2 Å². The first kappa shape index (κ1) is 13.8. The van der Waals surface area contributed by atoms with Crippen molar-refractivity contribution in [2.75, 3.05) is 11.9 Å². The molecule has 1 saturated heterocycles. The highest BCUT2D eigenvalue weighted by Crippen LogP contribution is 2.27. The molecule has 1 fully saturated rings. The topological polar surface area (TPSA) is 57.9 Å². The van der Waals surface area contributed by atoms with E-state index in [9.17, 15) is 5.26 Å². The van der Waals surface area contributed by atoms with Gasteiger partial charge < -0.3 is 10.1 Å². The Kier molecular flexibility index (Phi) is 3.52. The summed E-state index contributed by atoms with van der Waals surface area (Å²) >= 11 is 0. The van der Waals surface area contributed by atoms with Crippen LogP contribution in [0, 0.1) is 11.3 Å². The van der Waals surface area contributed by atoms with Gasteiger partial charge in [0.15, 0.2) is 0 Å². The fourth-order valence-electron chi connectivity index (χ4n) is 2.86.